The summed E-state index contributed by atoms with van der Waals surface area (Å²) in [4.78, 5) is 17.2. The zero-order valence-corrected chi connectivity index (χ0v) is 14.4. The quantitative estimate of drug-likeness (QED) is 0.928. The van der Waals surface area contributed by atoms with Crippen molar-refractivity contribution in [3.05, 3.63) is 29.8 Å². The number of carbonyl (C=O) groups excluding carboxylic acids is 1. The number of anilines is 1. The number of likely N-dealkylation sites (tertiary alicyclic amines) is 1. The minimum absolute atomic E-state index is 0.0785. The summed E-state index contributed by atoms with van der Waals surface area (Å²) in [5.74, 6) is 0.395. The van der Waals surface area contributed by atoms with E-state index in [0.717, 1.165) is 25.9 Å². The monoisotopic (exact) mass is 315 g/mol. The van der Waals surface area contributed by atoms with Gasteiger partial charge in [0.2, 0.25) is 5.91 Å². The molecule has 0 aliphatic carbocycles. The van der Waals surface area contributed by atoms with Crippen LogP contribution < -0.4 is 10.2 Å². The van der Waals surface area contributed by atoms with Crippen molar-refractivity contribution in [3.8, 4) is 0 Å². The molecule has 1 atom stereocenters. The van der Waals surface area contributed by atoms with Gasteiger partial charge in [-0.25, -0.2) is 0 Å². The van der Waals surface area contributed by atoms with Gasteiger partial charge in [-0.05, 0) is 70.4 Å². The molecule has 2 heterocycles. The van der Waals surface area contributed by atoms with Crippen LogP contribution in [0.4, 0.5) is 5.69 Å². The molecule has 3 rings (SSSR count). The van der Waals surface area contributed by atoms with Gasteiger partial charge >= 0.3 is 0 Å². The average molecular weight is 315 g/mol. The number of piperidine rings is 1. The summed E-state index contributed by atoms with van der Waals surface area (Å²) >= 11 is 0. The number of amides is 1. The van der Waals surface area contributed by atoms with Crippen molar-refractivity contribution in [1.29, 1.82) is 0 Å². The van der Waals surface area contributed by atoms with Crippen LogP contribution in [0.3, 0.4) is 0 Å². The molecule has 2 aliphatic heterocycles. The van der Waals surface area contributed by atoms with E-state index >= 15 is 0 Å². The van der Waals surface area contributed by atoms with Gasteiger partial charge in [-0.3, -0.25) is 4.79 Å². The average Bonchev–Trinajstić information content (AvgIpc) is 3.10. The molecule has 1 N–H and O–H groups in total. The van der Waals surface area contributed by atoms with Crippen molar-refractivity contribution in [3.63, 3.8) is 0 Å². The van der Waals surface area contributed by atoms with Crippen LogP contribution in [0.5, 0.6) is 0 Å². The van der Waals surface area contributed by atoms with Gasteiger partial charge in [-0.1, -0.05) is 12.1 Å². The second-order valence-corrected chi connectivity index (χ2v) is 7.09. The van der Waals surface area contributed by atoms with E-state index in [9.17, 15) is 4.79 Å². The summed E-state index contributed by atoms with van der Waals surface area (Å²) in [6.07, 6.45) is 4.54. The Balaban J connectivity index is 1.55. The number of carbonyl (C=O) groups is 1. The Morgan fingerprint density at radius 2 is 1.70 bits per heavy atom. The Morgan fingerprint density at radius 3 is 2.30 bits per heavy atom. The van der Waals surface area contributed by atoms with Crippen LogP contribution in [0.25, 0.3) is 0 Å². The zero-order chi connectivity index (χ0) is 16.2. The molecule has 23 heavy (non-hydrogen) atoms. The summed E-state index contributed by atoms with van der Waals surface area (Å²) in [6.45, 7) is 6.47. The highest BCUT2D eigenvalue weighted by atomic mass is 16.1. The molecular formula is C19H29N3O. The van der Waals surface area contributed by atoms with Crippen LogP contribution in [0.15, 0.2) is 24.3 Å². The highest BCUT2D eigenvalue weighted by Crippen LogP contribution is 2.23. The summed E-state index contributed by atoms with van der Waals surface area (Å²) in [5, 5.41) is 3.20. The second-order valence-electron chi connectivity index (χ2n) is 7.09. The van der Waals surface area contributed by atoms with Gasteiger partial charge in [0.1, 0.15) is 0 Å². The first-order valence-electron chi connectivity index (χ1n) is 8.97. The third-order valence-corrected chi connectivity index (χ3v) is 5.31. The van der Waals surface area contributed by atoms with E-state index in [1.807, 2.05) is 0 Å². The molecule has 4 nitrogen and oxygen atoms in total. The fourth-order valence-corrected chi connectivity index (χ4v) is 3.63. The van der Waals surface area contributed by atoms with E-state index < -0.39 is 0 Å². The number of nitrogens with one attached hydrogen (secondary N) is 1. The van der Waals surface area contributed by atoms with Crippen molar-refractivity contribution in [2.24, 2.45) is 5.92 Å². The minimum Gasteiger partial charge on any atom is -0.372 e. The normalized spacial score (nSPS) is 21.4. The molecular weight excluding hydrogens is 286 g/mol. The predicted octanol–water partition coefficient (Wildman–Crippen LogP) is 2.81. The van der Waals surface area contributed by atoms with Crippen LogP contribution >= 0.6 is 0 Å². The maximum absolute atomic E-state index is 12.4. The second kappa shape index (κ2) is 7.35. The number of hydrogen-bond acceptors (Lipinski definition) is 3. The number of benzene rings is 1. The summed E-state index contributed by atoms with van der Waals surface area (Å²) in [6, 6.07) is 8.79. The maximum Gasteiger partial charge on any atom is 0.223 e. The SMILES string of the molecule is C[C@H](NC(=O)C1CCN(C)CC1)c1ccc(N2CCCC2)cc1. The minimum atomic E-state index is 0.0785. The number of rotatable bonds is 4. The molecule has 0 saturated carbocycles. The summed E-state index contributed by atoms with van der Waals surface area (Å²) in [5.41, 5.74) is 2.49. The van der Waals surface area contributed by atoms with Crippen molar-refractivity contribution >= 4 is 11.6 Å². The Kier molecular flexibility index (Phi) is 5.21. The highest BCUT2D eigenvalue weighted by Gasteiger charge is 2.24. The maximum atomic E-state index is 12.4. The predicted molar refractivity (Wildman–Crippen MR) is 94.7 cm³/mol. The van der Waals surface area contributed by atoms with E-state index in [1.54, 1.807) is 0 Å². The van der Waals surface area contributed by atoms with Gasteiger partial charge in [0.05, 0.1) is 6.04 Å². The van der Waals surface area contributed by atoms with Crippen molar-refractivity contribution in [2.75, 3.05) is 38.1 Å². The molecule has 0 radical (unpaired) electrons. The van der Waals surface area contributed by atoms with E-state index in [2.05, 4.69) is 53.4 Å². The lowest BCUT2D eigenvalue weighted by molar-refractivity contribution is -0.127. The molecule has 1 aromatic carbocycles. The van der Waals surface area contributed by atoms with Gasteiger partial charge in [0, 0.05) is 24.7 Å². The molecule has 0 unspecified atom stereocenters. The third-order valence-electron chi connectivity index (χ3n) is 5.31. The largest absolute Gasteiger partial charge is 0.372 e. The molecule has 2 aliphatic rings. The van der Waals surface area contributed by atoms with E-state index in [1.165, 1.54) is 37.2 Å². The molecule has 0 aromatic heterocycles. The fraction of sp³-hybridized carbons (Fsp3) is 0.632. The molecule has 2 saturated heterocycles. The van der Waals surface area contributed by atoms with Crippen LogP contribution in [0, 0.1) is 5.92 Å². The molecule has 4 heteroatoms. The van der Waals surface area contributed by atoms with Crippen LogP contribution in [0.2, 0.25) is 0 Å². The Hall–Kier alpha value is -1.55. The molecule has 126 valence electrons. The molecule has 0 bridgehead atoms. The first-order valence-corrected chi connectivity index (χ1v) is 8.97. The van der Waals surface area contributed by atoms with Gasteiger partial charge in [0.15, 0.2) is 0 Å². The van der Waals surface area contributed by atoms with Gasteiger partial charge in [0.25, 0.3) is 0 Å². The number of hydrogen-bond donors (Lipinski definition) is 1. The van der Waals surface area contributed by atoms with E-state index in [4.69, 9.17) is 0 Å². The fourth-order valence-electron chi connectivity index (χ4n) is 3.63. The van der Waals surface area contributed by atoms with E-state index in [0.29, 0.717) is 0 Å². The summed E-state index contributed by atoms with van der Waals surface area (Å²) in [7, 11) is 2.12. The topological polar surface area (TPSA) is 35.6 Å². The Labute approximate surface area is 139 Å². The molecule has 1 aromatic rings. The van der Waals surface area contributed by atoms with Gasteiger partial charge < -0.3 is 15.1 Å². The molecule has 1 amide bonds. The lowest BCUT2D eigenvalue weighted by atomic mass is 9.95. The van der Waals surface area contributed by atoms with E-state index in [-0.39, 0.29) is 17.9 Å². The first kappa shape index (κ1) is 16.3. The third kappa shape index (κ3) is 4.05. The number of nitrogens with zero attached hydrogens (tertiary/aromatic N) is 2. The standard InChI is InChI=1S/C19H29N3O/c1-15(20-19(23)17-9-13-21(2)14-10-17)16-5-7-18(8-6-16)22-11-3-4-12-22/h5-8,15,17H,3-4,9-14H2,1-2H3,(H,20,23)/t15-/m0/s1. The molecule has 0 spiro atoms. The lowest BCUT2D eigenvalue weighted by Gasteiger charge is -2.29. The van der Waals surface area contributed by atoms with Crippen molar-refractivity contribution < 1.29 is 4.79 Å². The van der Waals surface area contributed by atoms with Crippen LogP contribution in [-0.4, -0.2) is 44.0 Å². The lowest BCUT2D eigenvalue weighted by Crippen LogP contribution is -2.39. The highest BCUT2D eigenvalue weighted by molar-refractivity contribution is 5.79. The van der Waals surface area contributed by atoms with Crippen LogP contribution in [0.1, 0.15) is 44.2 Å². The Bertz CT molecular complexity index is 514. The Morgan fingerprint density at radius 1 is 1.09 bits per heavy atom. The first-order chi connectivity index (χ1) is 11.1. The van der Waals surface area contributed by atoms with Crippen molar-refractivity contribution in [2.45, 2.75) is 38.6 Å². The zero-order valence-electron chi connectivity index (χ0n) is 14.4. The smallest absolute Gasteiger partial charge is 0.223 e. The molecule has 2 fully saturated rings. The van der Waals surface area contributed by atoms with Crippen LogP contribution in [-0.2, 0) is 4.79 Å². The van der Waals surface area contributed by atoms with Gasteiger partial charge in [-0.15, -0.1) is 0 Å². The van der Waals surface area contributed by atoms with Gasteiger partial charge in [-0.2, -0.15) is 0 Å². The van der Waals surface area contributed by atoms with Crippen molar-refractivity contribution in [1.82, 2.24) is 10.2 Å². The summed E-state index contributed by atoms with van der Waals surface area (Å²) < 4.78 is 0.